The number of para-hydroxylation sites is 1. The van der Waals surface area contributed by atoms with E-state index in [9.17, 15) is 4.79 Å². The molecule has 1 aromatic heterocycles. The Morgan fingerprint density at radius 3 is 2.53 bits per heavy atom. The monoisotopic (exact) mass is 429 g/mol. The summed E-state index contributed by atoms with van der Waals surface area (Å²) < 4.78 is 5.36. The maximum Gasteiger partial charge on any atom is 0.258 e. The number of nitrogens with one attached hydrogen (secondary N) is 3. The van der Waals surface area contributed by atoms with Gasteiger partial charge in [0.1, 0.15) is 11.7 Å². The molecule has 164 valence electrons. The molecular formula is C25H27N5O2. The van der Waals surface area contributed by atoms with Crippen LogP contribution in [0.3, 0.4) is 0 Å². The van der Waals surface area contributed by atoms with Crippen LogP contribution in [0.5, 0.6) is 0 Å². The lowest BCUT2D eigenvalue weighted by Crippen LogP contribution is -2.40. The normalized spacial score (nSPS) is 13.5. The van der Waals surface area contributed by atoms with Crippen LogP contribution in [0.25, 0.3) is 0 Å². The minimum absolute atomic E-state index is 0.209. The van der Waals surface area contributed by atoms with Crippen LogP contribution in [0.4, 0.5) is 11.5 Å². The molecule has 0 spiro atoms. The summed E-state index contributed by atoms with van der Waals surface area (Å²) in [4.78, 5) is 19.1. The third kappa shape index (κ3) is 5.31. The largest absolute Gasteiger partial charge is 0.380 e. The highest BCUT2D eigenvalue weighted by Crippen LogP contribution is 2.18. The number of carbonyl (C=O) groups is 1. The first kappa shape index (κ1) is 21.5. The molecule has 1 aliphatic rings. The highest BCUT2D eigenvalue weighted by atomic mass is 16.5. The number of benzene rings is 2. The van der Waals surface area contributed by atoms with Crippen LogP contribution >= 0.6 is 0 Å². The second-order valence-electron chi connectivity index (χ2n) is 7.72. The molecule has 2 aromatic carbocycles. The van der Waals surface area contributed by atoms with Crippen molar-refractivity contribution in [2.75, 3.05) is 36.9 Å². The van der Waals surface area contributed by atoms with Crippen molar-refractivity contribution >= 4 is 23.2 Å². The maximum atomic E-state index is 12.8. The second kappa shape index (κ2) is 10.1. The number of rotatable bonds is 6. The zero-order valence-corrected chi connectivity index (χ0v) is 18.1. The van der Waals surface area contributed by atoms with Gasteiger partial charge in [-0.2, -0.15) is 0 Å². The number of carbonyl (C=O) groups excluding carboxylic acids is 1. The van der Waals surface area contributed by atoms with Gasteiger partial charge in [0.05, 0.1) is 18.8 Å². The summed E-state index contributed by atoms with van der Waals surface area (Å²) in [6.07, 6.45) is 1.72. The molecule has 4 rings (SSSR count). The van der Waals surface area contributed by atoms with Crippen molar-refractivity contribution < 1.29 is 9.53 Å². The standard InChI is InChI=1S/C25H27N5O2/c1-18-6-11-23(28-16-18)29-25(31)21-4-2-3-5-22(21)27-17-19-7-9-20(10-8-19)24(26)30-12-14-32-15-13-30/h2-11,16,26-27H,12-15,17H2,1H3,(H,28,29,31). The third-order valence-corrected chi connectivity index (χ3v) is 5.36. The molecule has 32 heavy (non-hydrogen) atoms. The molecule has 7 heteroatoms. The number of aryl methyl sites for hydroxylation is 1. The van der Waals surface area contributed by atoms with Crippen molar-refractivity contribution in [3.63, 3.8) is 0 Å². The SMILES string of the molecule is Cc1ccc(NC(=O)c2ccccc2NCc2ccc(C(=N)N3CCOCC3)cc2)nc1. The lowest BCUT2D eigenvalue weighted by molar-refractivity contribution is 0.0680. The predicted molar refractivity (Wildman–Crippen MR) is 126 cm³/mol. The highest BCUT2D eigenvalue weighted by Gasteiger charge is 2.15. The number of hydrogen-bond donors (Lipinski definition) is 3. The quantitative estimate of drug-likeness (QED) is 0.408. The fraction of sp³-hybridized carbons (Fsp3) is 0.240. The number of amides is 1. The Kier molecular flexibility index (Phi) is 6.77. The van der Waals surface area contributed by atoms with E-state index >= 15 is 0 Å². The van der Waals surface area contributed by atoms with Crippen LogP contribution in [0.1, 0.15) is 27.0 Å². The summed E-state index contributed by atoms with van der Waals surface area (Å²) in [7, 11) is 0. The fourth-order valence-corrected chi connectivity index (χ4v) is 3.51. The molecule has 2 heterocycles. The molecule has 3 aromatic rings. The molecular weight excluding hydrogens is 402 g/mol. The van der Waals surface area contributed by atoms with Gasteiger partial charge in [0, 0.05) is 37.1 Å². The van der Waals surface area contributed by atoms with Crippen LogP contribution in [0.2, 0.25) is 0 Å². The first-order valence-corrected chi connectivity index (χ1v) is 10.7. The number of pyridine rings is 1. The van der Waals surface area contributed by atoms with E-state index in [0.717, 1.165) is 35.5 Å². The Balaban J connectivity index is 1.39. The number of amidine groups is 1. The third-order valence-electron chi connectivity index (χ3n) is 5.36. The lowest BCUT2D eigenvalue weighted by Gasteiger charge is -2.29. The number of aromatic nitrogens is 1. The van der Waals surface area contributed by atoms with Crippen molar-refractivity contribution in [1.29, 1.82) is 5.41 Å². The molecule has 0 unspecified atom stereocenters. The van der Waals surface area contributed by atoms with Crippen molar-refractivity contribution in [1.82, 2.24) is 9.88 Å². The number of morpholine rings is 1. The molecule has 1 amide bonds. The molecule has 0 aliphatic carbocycles. The average Bonchev–Trinajstić information content (AvgIpc) is 2.85. The maximum absolute atomic E-state index is 12.8. The molecule has 1 aliphatic heterocycles. The summed E-state index contributed by atoms with van der Waals surface area (Å²) in [5.74, 6) is 0.840. The van der Waals surface area contributed by atoms with Gasteiger partial charge in [-0.15, -0.1) is 0 Å². The number of ether oxygens (including phenoxy) is 1. The van der Waals surface area contributed by atoms with E-state index in [4.69, 9.17) is 10.1 Å². The first-order chi connectivity index (χ1) is 15.6. The summed E-state index contributed by atoms with van der Waals surface area (Å²) in [5.41, 5.74) is 4.30. The summed E-state index contributed by atoms with van der Waals surface area (Å²) in [6, 6.07) is 19.1. The molecule has 0 saturated carbocycles. The first-order valence-electron chi connectivity index (χ1n) is 10.7. The van der Waals surface area contributed by atoms with Crippen LogP contribution in [-0.2, 0) is 11.3 Å². The van der Waals surface area contributed by atoms with Crippen LogP contribution in [0.15, 0.2) is 66.9 Å². The average molecular weight is 430 g/mol. The Morgan fingerprint density at radius 2 is 1.81 bits per heavy atom. The van der Waals surface area contributed by atoms with Crippen LogP contribution < -0.4 is 10.6 Å². The van der Waals surface area contributed by atoms with Gasteiger partial charge >= 0.3 is 0 Å². The minimum Gasteiger partial charge on any atom is -0.380 e. The summed E-state index contributed by atoms with van der Waals surface area (Å²) in [5, 5.41) is 14.6. The number of anilines is 2. The highest BCUT2D eigenvalue weighted by molar-refractivity contribution is 6.07. The van der Waals surface area contributed by atoms with Gasteiger partial charge in [-0.3, -0.25) is 10.2 Å². The Hall–Kier alpha value is -3.71. The Morgan fingerprint density at radius 1 is 1.06 bits per heavy atom. The van der Waals surface area contributed by atoms with Crippen molar-refractivity contribution in [2.45, 2.75) is 13.5 Å². The van der Waals surface area contributed by atoms with E-state index < -0.39 is 0 Å². The molecule has 0 atom stereocenters. The van der Waals surface area contributed by atoms with Crippen molar-refractivity contribution in [3.05, 3.63) is 89.1 Å². The van der Waals surface area contributed by atoms with Crippen LogP contribution in [-0.4, -0.2) is 47.9 Å². The minimum atomic E-state index is -0.209. The van der Waals surface area contributed by atoms with Gasteiger partial charge in [-0.1, -0.05) is 42.5 Å². The smallest absolute Gasteiger partial charge is 0.258 e. The van der Waals surface area contributed by atoms with Crippen LogP contribution in [0, 0.1) is 12.3 Å². The molecule has 7 nitrogen and oxygen atoms in total. The summed E-state index contributed by atoms with van der Waals surface area (Å²) in [6.45, 7) is 5.35. The van der Waals surface area contributed by atoms with E-state index in [1.54, 1.807) is 18.3 Å². The van der Waals surface area contributed by atoms with E-state index in [0.29, 0.717) is 37.0 Å². The van der Waals surface area contributed by atoms with Crippen molar-refractivity contribution in [3.8, 4) is 0 Å². The molecule has 3 N–H and O–H groups in total. The van der Waals surface area contributed by atoms with Gasteiger partial charge in [-0.05, 0) is 36.2 Å². The fourth-order valence-electron chi connectivity index (χ4n) is 3.51. The zero-order valence-electron chi connectivity index (χ0n) is 18.1. The van der Waals surface area contributed by atoms with E-state index in [2.05, 4.69) is 15.6 Å². The zero-order chi connectivity index (χ0) is 22.3. The summed E-state index contributed by atoms with van der Waals surface area (Å²) >= 11 is 0. The Labute approximate surface area is 187 Å². The van der Waals surface area contributed by atoms with Gasteiger partial charge in [0.15, 0.2) is 0 Å². The van der Waals surface area contributed by atoms with Crippen molar-refractivity contribution in [2.24, 2.45) is 0 Å². The van der Waals surface area contributed by atoms with E-state index in [1.807, 2.05) is 60.4 Å². The molecule has 0 radical (unpaired) electrons. The topological polar surface area (TPSA) is 90.3 Å². The molecule has 1 fully saturated rings. The van der Waals surface area contributed by atoms with Gasteiger partial charge in [0.25, 0.3) is 5.91 Å². The predicted octanol–water partition coefficient (Wildman–Crippen LogP) is 3.91. The number of nitrogens with zero attached hydrogens (tertiary/aromatic N) is 2. The van der Waals surface area contributed by atoms with Gasteiger partial charge < -0.3 is 20.3 Å². The lowest BCUT2D eigenvalue weighted by atomic mass is 10.1. The van der Waals surface area contributed by atoms with Gasteiger partial charge in [-0.25, -0.2) is 4.98 Å². The number of hydrogen-bond acceptors (Lipinski definition) is 5. The molecule has 1 saturated heterocycles. The second-order valence-corrected chi connectivity index (χ2v) is 7.72. The van der Waals surface area contributed by atoms with Gasteiger partial charge in [0.2, 0.25) is 0 Å². The van der Waals surface area contributed by atoms with E-state index in [-0.39, 0.29) is 5.91 Å². The Bertz CT molecular complexity index is 1070. The molecule has 0 bridgehead atoms. The van der Waals surface area contributed by atoms with E-state index in [1.165, 1.54) is 0 Å².